The molecule has 2 heterocycles. The molecule has 0 aliphatic carbocycles. The zero-order valence-electron chi connectivity index (χ0n) is 15.6. The van der Waals surface area contributed by atoms with Crippen molar-refractivity contribution in [1.82, 2.24) is 14.3 Å². The standard InChI is InChI=1S/C19H18ClN3O5S/c1-11-7-8-14(17(20)21-11)18(24)22-15(19(25)26)9-12-10-23(29(2,27)28)16-6-4-3-5-13(12)16/h3-8,10,15H,9H2,1-2H3,(H,22,24)(H,25,26). The van der Waals surface area contributed by atoms with E-state index in [2.05, 4.69) is 10.3 Å². The van der Waals surface area contributed by atoms with Gasteiger partial charge in [-0.15, -0.1) is 0 Å². The van der Waals surface area contributed by atoms with E-state index >= 15 is 0 Å². The highest BCUT2D eigenvalue weighted by Crippen LogP contribution is 2.24. The Morgan fingerprint density at radius 3 is 2.55 bits per heavy atom. The summed E-state index contributed by atoms with van der Waals surface area (Å²) in [6.45, 7) is 1.71. The van der Waals surface area contributed by atoms with Crippen LogP contribution in [-0.2, 0) is 21.2 Å². The van der Waals surface area contributed by atoms with Crippen molar-refractivity contribution in [2.24, 2.45) is 0 Å². The molecule has 2 N–H and O–H groups in total. The summed E-state index contributed by atoms with van der Waals surface area (Å²) in [6, 6.07) is 8.52. The monoisotopic (exact) mass is 435 g/mol. The van der Waals surface area contributed by atoms with Gasteiger partial charge in [0.1, 0.15) is 11.2 Å². The Kier molecular flexibility index (Phi) is 5.63. The highest BCUT2D eigenvalue weighted by molar-refractivity contribution is 7.89. The Morgan fingerprint density at radius 1 is 1.24 bits per heavy atom. The van der Waals surface area contributed by atoms with Crippen LogP contribution in [-0.4, -0.2) is 46.7 Å². The minimum absolute atomic E-state index is 0.0275. The number of fused-ring (bicyclic) bond motifs is 1. The van der Waals surface area contributed by atoms with Gasteiger partial charge in [0.05, 0.1) is 17.3 Å². The lowest BCUT2D eigenvalue weighted by atomic mass is 10.0. The first-order chi connectivity index (χ1) is 13.6. The number of pyridine rings is 1. The molecule has 3 rings (SSSR count). The number of hydrogen-bond acceptors (Lipinski definition) is 5. The number of nitrogens with zero attached hydrogens (tertiary/aromatic N) is 2. The van der Waals surface area contributed by atoms with Crippen LogP contribution in [0.3, 0.4) is 0 Å². The van der Waals surface area contributed by atoms with Gasteiger partial charge in [0.15, 0.2) is 0 Å². The van der Waals surface area contributed by atoms with E-state index in [0.717, 1.165) is 10.2 Å². The Bertz CT molecular complexity index is 1220. The molecule has 0 saturated heterocycles. The summed E-state index contributed by atoms with van der Waals surface area (Å²) in [5, 5.41) is 12.6. The molecule has 1 amide bonds. The Labute approximate surface area is 172 Å². The van der Waals surface area contributed by atoms with E-state index in [1.807, 2.05) is 0 Å². The first kappa shape index (κ1) is 20.8. The number of carboxylic acids is 1. The SMILES string of the molecule is Cc1ccc(C(=O)NC(Cc2cn(S(C)(=O)=O)c3ccccc23)C(=O)O)c(Cl)n1. The van der Waals surface area contributed by atoms with Crippen molar-refractivity contribution in [2.75, 3.05) is 6.26 Å². The molecule has 2 aromatic heterocycles. The molecule has 0 aliphatic rings. The number of aliphatic carboxylic acids is 1. The van der Waals surface area contributed by atoms with Crippen LogP contribution < -0.4 is 5.32 Å². The fraction of sp³-hybridized carbons (Fsp3) is 0.211. The van der Waals surface area contributed by atoms with Crippen molar-refractivity contribution in [3.05, 3.63) is 64.6 Å². The molecule has 152 valence electrons. The zero-order valence-corrected chi connectivity index (χ0v) is 17.2. The maximum atomic E-state index is 12.5. The Hall–Kier alpha value is -2.91. The topological polar surface area (TPSA) is 118 Å². The number of carbonyl (C=O) groups is 2. The normalized spacial score (nSPS) is 12.7. The van der Waals surface area contributed by atoms with Crippen molar-refractivity contribution in [3.8, 4) is 0 Å². The van der Waals surface area contributed by atoms with Crippen molar-refractivity contribution < 1.29 is 23.1 Å². The molecule has 1 atom stereocenters. The second-order valence-electron chi connectivity index (χ2n) is 6.59. The lowest BCUT2D eigenvalue weighted by Gasteiger charge is -2.15. The van der Waals surface area contributed by atoms with Crippen molar-refractivity contribution >= 4 is 44.4 Å². The number of halogens is 1. The quantitative estimate of drug-likeness (QED) is 0.573. The molecule has 0 radical (unpaired) electrons. The number of hydrogen-bond donors (Lipinski definition) is 2. The van der Waals surface area contributed by atoms with Gasteiger partial charge < -0.3 is 10.4 Å². The Balaban J connectivity index is 1.94. The minimum Gasteiger partial charge on any atom is -0.480 e. The third kappa shape index (κ3) is 4.41. The predicted octanol–water partition coefficient (Wildman–Crippen LogP) is 2.23. The maximum Gasteiger partial charge on any atom is 0.326 e. The summed E-state index contributed by atoms with van der Waals surface area (Å²) >= 11 is 5.99. The fourth-order valence-electron chi connectivity index (χ4n) is 3.01. The van der Waals surface area contributed by atoms with E-state index in [4.69, 9.17) is 11.6 Å². The second-order valence-corrected chi connectivity index (χ2v) is 8.81. The Morgan fingerprint density at radius 2 is 1.93 bits per heavy atom. The fourth-order valence-corrected chi connectivity index (χ4v) is 4.12. The van der Waals surface area contributed by atoms with E-state index in [1.165, 1.54) is 12.3 Å². The lowest BCUT2D eigenvalue weighted by Crippen LogP contribution is -2.42. The van der Waals surface area contributed by atoms with E-state index in [0.29, 0.717) is 22.2 Å². The van der Waals surface area contributed by atoms with Crippen molar-refractivity contribution in [3.63, 3.8) is 0 Å². The van der Waals surface area contributed by atoms with Gasteiger partial charge >= 0.3 is 5.97 Å². The molecule has 1 aromatic carbocycles. The average Bonchev–Trinajstić information content (AvgIpc) is 3.00. The number of aryl methyl sites for hydroxylation is 1. The number of benzene rings is 1. The molecule has 29 heavy (non-hydrogen) atoms. The molecule has 0 bridgehead atoms. The van der Waals surface area contributed by atoms with Gasteiger partial charge in [-0.2, -0.15) is 0 Å². The third-order valence-electron chi connectivity index (χ3n) is 4.38. The molecule has 1 unspecified atom stereocenters. The van der Waals surface area contributed by atoms with Crippen LogP contribution in [0.1, 0.15) is 21.6 Å². The molecular formula is C19H18ClN3O5S. The summed E-state index contributed by atoms with van der Waals surface area (Å²) < 4.78 is 25.2. The molecule has 0 aliphatic heterocycles. The van der Waals surface area contributed by atoms with E-state index in [1.54, 1.807) is 37.3 Å². The summed E-state index contributed by atoms with van der Waals surface area (Å²) in [7, 11) is -3.58. The van der Waals surface area contributed by atoms with Gasteiger partial charge in [0, 0.05) is 23.7 Å². The average molecular weight is 436 g/mol. The van der Waals surface area contributed by atoms with Crippen molar-refractivity contribution in [1.29, 1.82) is 0 Å². The highest BCUT2D eigenvalue weighted by atomic mass is 35.5. The second kappa shape index (κ2) is 7.84. The first-order valence-electron chi connectivity index (χ1n) is 8.54. The van der Waals surface area contributed by atoms with Gasteiger partial charge in [0.2, 0.25) is 10.0 Å². The van der Waals surface area contributed by atoms with E-state index in [-0.39, 0.29) is 17.1 Å². The number of para-hydroxylation sites is 1. The van der Waals surface area contributed by atoms with Gasteiger partial charge in [-0.05, 0) is 30.7 Å². The van der Waals surface area contributed by atoms with Crippen LogP contribution in [0.15, 0.2) is 42.6 Å². The number of aromatic nitrogens is 2. The largest absolute Gasteiger partial charge is 0.480 e. The molecule has 0 saturated carbocycles. The molecule has 0 spiro atoms. The number of carboxylic acid groups (broad SMARTS) is 1. The summed E-state index contributed by atoms with van der Waals surface area (Å²) in [4.78, 5) is 28.3. The van der Waals surface area contributed by atoms with Crippen LogP contribution in [0.2, 0.25) is 5.15 Å². The van der Waals surface area contributed by atoms with Gasteiger partial charge in [-0.3, -0.25) is 4.79 Å². The molecule has 0 fully saturated rings. The van der Waals surface area contributed by atoms with Gasteiger partial charge in [-0.1, -0.05) is 29.8 Å². The van der Waals surface area contributed by atoms with Crippen LogP contribution in [0.5, 0.6) is 0 Å². The van der Waals surface area contributed by atoms with Crippen LogP contribution in [0.25, 0.3) is 10.9 Å². The number of amides is 1. The number of carbonyl (C=O) groups excluding carboxylic acids is 1. The molecule has 10 heteroatoms. The third-order valence-corrected chi connectivity index (χ3v) is 5.68. The summed E-state index contributed by atoms with van der Waals surface area (Å²) in [6.07, 6.45) is 2.33. The maximum absolute atomic E-state index is 12.5. The highest BCUT2D eigenvalue weighted by Gasteiger charge is 2.25. The van der Waals surface area contributed by atoms with Crippen molar-refractivity contribution in [2.45, 2.75) is 19.4 Å². The number of nitrogens with one attached hydrogen (secondary N) is 1. The molecule has 8 nitrogen and oxygen atoms in total. The zero-order chi connectivity index (χ0) is 21.3. The van der Waals surface area contributed by atoms with Crippen LogP contribution >= 0.6 is 11.6 Å². The summed E-state index contributed by atoms with van der Waals surface area (Å²) in [5.41, 5.74) is 1.59. The van der Waals surface area contributed by atoms with Crippen LogP contribution in [0, 0.1) is 6.92 Å². The van der Waals surface area contributed by atoms with Gasteiger partial charge in [0.25, 0.3) is 5.91 Å². The first-order valence-corrected chi connectivity index (χ1v) is 10.8. The smallest absolute Gasteiger partial charge is 0.326 e. The predicted molar refractivity (Wildman–Crippen MR) is 109 cm³/mol. The molecule has 3 aromatic rings. The van der Waals surface area contributed by atoms with E-state index in [9.17, 15) is 23.1 Å². The van der Waals surface area contributed by atoms with Crippen LogP contribution in [0.4, 0.5) is 0 Å². The summed E-state index contributed by atoms with van der Waals surface area (Å²) in [5.74, 6) is -1.94. The lowest BCUT2D eigenvalue weighted by molar-refractivity contribution is -0.139. The van der Waals surface area contributed by atoms with Gasteiger partial charge in [-0.25, -0.2) is 22.2 Å². The van der Waals surface area contributed by atoms with E-state index < -0.39 is 27.9 Å². The minimum atomic E-state index is -3.58. The molecular weight excluding hydrogens is 418 g/mol. The number of rotatable bonds is 6.